The second kappa shape index (κ2) is 6.69. The number of fused-ring (bicyclic) bond motifs is 3. The van der Waals surface area contributed by atoms with E-state index in [1.54, 1.807) is 34.9 Å². The number of benzene rings is 2. The van der Waals surface area contributed by atoms with E-state index in [9.17, 15) is 0 Å². The Balaban J connectivity index is 1.95. The van der Waals surface area contributed by atoms with Crippen LogP contribution in [0.4, 0.5) is 11.4 Å². The minimum Gasteiger partial charge on any atom is -0.497 e. The highest BCUT2D eigenvalue weighted by atomic mass is 32.9. The van der Waals surface area contributed by atoms with Gasteiger partial charge in [0.2, 0.25) is 0 Å². The summed E-state index contributed by atoms with van der Waals surface area (Å²) in [5, 5.41) is 3.68. The molecule has 2 heterocycles. The van der Waals surface area contributed by atoms with Crippen molar-refractivity contribution in [1.29, 1.82) is 0 Å². The highest BCUT2D eigenvalue weighted by Crippen LogP contribution is 2.45. The topological polar surface area (TPSA) is 42.8 Å². The number of anilines is 1. The maximum Gasteiger partial charge on any atom is 0.148 e. The number of hydrogen-bond donors (Lipinski definition) is 1. The third-order valence-electron chi connectivity index (χ3n) is 4.71. The molecule has 4 rings (SSSR count). The fraction of sp³-hybridized carbons (Fsp3) is 0.286. The first-order valence-corrected chi connectivity index (χ1v) is 10.9. The molecule has 0 fully saturated rings. The first kappa shape index (κ1) is 18.1. The summed E-state index contributed by atoms with van der Waals surface area (Å²) in [4.78, 5) is 6.28. The van der Waals surface area contributed by atoms with Crippen LogP contribution in [-0.4, -0.2) is 14.2 Å². The van der Waals surface area contributed by atoms with E-state index in [0.717, 1.165) is 21.8 Å². The molecule has 2 aromatic carbocycles. The number of methoxy groups -OCH3 is 2. The summed E-state index contributed by atoms with van der Waals surface area (Å²) in [6.07, 6.45) is 0. The third kappa shape index (κ3) is 3.13. The van der Waals surface area contributed by atoms with Crippen molar-refractivity contribution in [2.75, 3.05) is 19.5 Å². The summed E-state index contributed by atoms with van der Waals surface area (Å²) in [6, 6.07) is 12.3. The van der Waals surface area contributed by atoms with Gasteiger partial charge in [-0.15, -0.1) is 0 Å². The average Bonchev–Trinajstić information content (AvgIpc) is 3.06. The van der Waals surface area contributed by atoms with E-state index in [2.05, 4.69) is 44.3 Å². The van der Waals surface area contributed by atoms with Crippen molar-refractivity contribution in [2.24, 2.45) is 4.99 Å². The first-order chi connectivity index (χ1) is 12.9. The van der Waals surface area contributed by atoms with Gasteiger partial charge >= 0.3 is 0 Å². The Morgan fingerprint density at radius 3 is 2.56 bits per heavy atom. The van der Waals surface area contributed by atoms with E-state index < -0.39 is 0 Å². The van der Waals surface area contributed by atoms with Gasteiger partial charge in [-0.3, -0.25) is 0 Å². The van der Waals surface area contributed by atoms with Gasteiger partial charge in [-0.25, -0.2) is 4.99 Å². The Hall–Kier alpha value is -2.31. The van der Waals surface area contributed by atoms with Gasteiger partial charge in [0, 0.05) is 22.9 Å². The van der Waals surface area contributed by atoms with Gasteiger partial charge in [0.15, 0.2) is 0 Å². The molecule has 1 aliphatic rings. The van der Waals surface area contributed by atoms with Crippen LogP contribution in [0.2, 0.25) is 0 Å². The summed E-state index contributed by atoms with van der Waals surface area (Å²) in [5.41, 5.74) is 5.51. The number of rotatable bonds is 3. The van der Waals surface area contributed by atoms with E-state index in [4.69, 9.17) is 14.5 Å². The first-order valence-electron chi connectivity index (χ1n) is 8.72. The van der Waals surface area contributed by atoms with Crippen molar-refractivity contribution in [2.45, 2.75) is 26.3 Å². The van der Waals surface area contributed by atoms with Gasteiger partial charge in [0.1, 0.15) is 21.9 Å². The molecule has 0 unspecified atom stereocenters. The van der Waals surface area contributed by atoms with Crippen LogP contribution < -0.4 is 19.5 Å². The lowest BCUT2D eigenvalue weighted by Crippen LogP contribution is -2.31. The number of nitrogens with one attached hydrogen (secondary N) is 1. The van der Waals surface area contributed by atoms with E-state index in [1.165, 1.54) is 21.6 Å². The number of hydrogen-bond acceptors (Lipinski definition) is 6. The third-order valence-corrected chi connectivity index (χ3v) is 7.35. The summed E-state index contributed by atoms with van der Waals surface area (Å²) >= 11 is 0. The zero-order valence-corrected chi connectivity index (χ0v) is 17.7. The van der Waals surface area contributed by atoms with Gasteiger partial charge in [-0.1, -0.05) is 32.8 Å². The Morgan fingerprint density at radius 1 is 1.00 bits per heavy atom. The lowest BCUT2D eigenvalue weighted by atomic mass is 9.89. The van der Waals surface area contributed by atoms with Crippen LogP contribution in [0.5, 0.6) is 11.5 Å². The SMILES string of the molecule is COc1ccc(N=c2ssc3c2-c2ccc(C)cc2NC3(C)C)c(OC)c1. The van der Waals surface area contributed by atoms with Crippen molar-refractivity contribution >= 4 is 32.1 Å². The maximum absolute atomic E-state index is 5.53. The number of ether oxygens (including phenoxy) is 2. The molecule has 0 bridgehead atoms. The van der Waals surface area contributed by atoms with Crippen LogP contribution in [0, 0.1) is 6.92 Å². The van der Waals surface area contributed by atoms with Crippen LogP contribution >= 0.6 is 20.7 Å². The standard InChI is InChI=1S/C21H22N2O2S2/c1-12-6-8-14-16(10-12)23-21(2,3)19-18(14)20(27-26-19)22-15-9-7-13(24-4)11-17(15)25-5/h6-11,23H,1-5H3. The molecule has 140 valence electrons. The summed E-state index contributed by atoms with van der Waals surface area (Å²) < 4.78 is 11.8. The normalized spacial score (nSPS) is 14.9. The van der Waals surface area contributed by atoms with Crippen LogP contribution in [0.25, 0.3) is 11.1 Å². The van der Waals surface area contributed by atoms with Crippen molar-refractivity contribution < 1.29 is 9.47 Å². The highest BCUT2D eigenvalue weighted by Gasteiger charge is 2.33. The second-order valence-corrected chi connectivity index (χ2v) is 9.25. The molecule has 1 aliphatic heterocycles. The molecule has 0 saturated heterocycles. The largest absolute Gasteiger partial charge is 0.497 e. The van der Waals surface area contributed by atoms with Crippen LogP contribution in [0.15, 0.2) is 41.4 Å². The lowest BCUT2D eigenvalue weighted by molar-refractivity contribution is 0.395. The van der Waals surface area contributed by atoms with E-state index in [0.29, 0.717) is 5.75 Å². The van der Waals surface area contributed by atoms with Gasteiger partial charge < -0.3 is 14.8 Å². The fourth-order valence-corrected chi connectivity index (χ4v) is 6.28. The van der Waals surface area contributed by atoms with Crippen molar-refractivity contribution in [1.82, 2.24) is 0 Å². The zero-order valence-electron chi connectivity index (χ0n) is 16.0. The maximum atomic E-state index is 5.53. The van der Waals surface area contributed by atoms with Gasteiger partial charge in [0.05, 0.1) is 24.6 Å². The molecule has 27 heavy (non-hydrogen) atoms. The predicted octanol–water partition coefficient (Wildman–Crippen LogP) is 5.70. The Bertz CT molecular complexity index is 1080. The quantitative estimate of drug-likeness (QED) is 0.576. The number of nitrogens with zero attached hydrogens (tertiary/aromatic N) is 1. The van der Waals surface area contributed by atoms with Crippen molar-refractivity contribution in [3.8, 4) is 22.6 Å². The van der Waals surface area contributed by atoms with Crippen LogP contribution in [0.1, 0.15) is 24.3 Å². The molecule has 0 aliphatic carbocycles. The van der Waals surface area contributed by atoms with Crippen molar-refractivity contribution in [3.63, 3.8) is 0 Å². The molecule has 0 saturated carbocycles. The molecule has 3 aromatic rings. The highest BCUT2D eigenvalue weighted by molar-refractivity contribution is 7.68. The molecule has 1 aromatic heterocycles. The molecule has 0 amide bonds. The van der Waals surface area contributed by atoms with Crippen LogP contribution in [-0.2, 0) is 5.54 Å². The van der Waals surface area contributed by atoms with E-state index in [-0.39, 0.29) is 5.54 Å². The average molecular weight is 399 g/mol. The lowest BCUT2D eigenvalue weighted by Gasteiger charge is -2.33. The van der Waals surface area contributed by atoms with E-state index >= 15 is 0 Å². The van der Waals surface area contributed by atoms with Gasteiger partial charge in [-0.05, 0) is 44.5 Å². The second-order valence-electron chi connectivity index (χ2n) is 7.12. The van der Waals surface area contributed by atoms with Crippen molar-refractivity contribution in [3.05, 3.63) is 51.5 Å². The predicted molar refractivity (Wildman–Crippen MR) is 114 cm³/mol. The molecular weight excluding hydrogens is 376 g/mol. The summed E-state index contributed by atoms with van der Waals surface area (Å²) in [6.45, 7) is 6.56. The molecule has 0 spiro atoms. The minimum atomic E-state index is -0.130. The monoisotopic (exact) mass is 398 g/mol. The molecule has 4 nitrogen and oxygen atoms in total. The molecular formula is C21H22N2O2S2. The van der Waals surface area contributed by atoms with Gasteiger partial charge in [-0.2, -0.15) is 0 Å². The summed E-state index contributed by atoms with van der Waals surface area (Å²) in [7, 11) is 6.80. The fourth-order valence-electron chi connectivity index (χ4n) is 3.35. The Labute approximate surface area is 166 Å². The smallest absolute Gasteiger partial charge is 0.148 e. The molecule has 0 atom stereocenters. The minimum absolute atomic E-state index is 0.130. The number of aryl methyl sites for hydroxylation is 1. The summed E-state index contributed by atoms with van der Waals surface area (Å²) in [5.74, 6) is 1.46. The molecule has 1 N–H and O–H groups in total. The Kier molecular flexibility index (Phi) is 4.48. The van der Waals surface area contributed by atoms with Crippen LogP contribution in [0.3, 0.4) is 0 Å². The zero-order chi connectivity index (χ0) is 19.2. The van der Waals surface area contributed by atoms with Gasteiger partial charge in [0.25, 0.3) is 0 Å². The van der Waals surface area contributed by atoms with E-state index in [1.807, 2.05) is 18.2 Å². The molecule has 6 heteroatoms. The Morgan fingerprint density at radius 2 is 1.81 bits per heavy atom. The molecule has 0 radical (unpaired) electrons.